The summed E-state index contributed by atoms with van der Waals surface area (Å²) in [6.45, 7) is 2.40. The molecule has 3 atom stereocenters. The summed E-state index contributed by atoms with van der Waals surface area (Å²) >= 11 is 3.61. The van der Waals surface area contributed by atoms with Crippen molar-refractivity contribution in [2.45, 2.75) is 38.1 Å². The molecule has 1 N–H and O–H groups in total. The minimum Gasteiger partial charge on any atom is -0.493 e. The second-order valence-corrected chi connectivity index (χ2v) is 9.91. The minimum absolute atomic E-state index is 0.0826. The summed E-state index contributed by atoms with van der Waals surface area (Å²) in [6.07, 6.45) is 0.432. The zero-order chi connectivity index (χ0) is 24.7. The maximum Gasteiger partial charge on any atom is 0.418 e. The molecule has 1 aliphatic heterocycles. The van der Waals surface area contributed by atoms with Gasteiger partial charge in [0.05, 0.1) is 28.9 Å². The first kappa shape index (κ1) is 23.8. The van der Waals surface area contributed by atoms with E-state index in [-0.39, 0.29) is 23.6 Å². The zero-order valence-corrected chi connectivity index (χ0v) is 20.9. The number of rotatable bonds is 5. The van der Waals surface area contributed by atoms with Crippen molar-refractivity contribution >= 4 is 21.6 Å². The molecule has 5 rings (SSSR count). The van der Waals surface area contributed by atoms with Crippen LogP contribution >= 0.6 is 15.9 Å². The molecule has 3 aromatic carbocycles. The third kappa shape index (κ3) is 4.54. The maximum atomic E-state index is 13.8. The highest BCUT2D eigenvalue weighted by Crippen LogP contribution is 2.53. The lowest BCUT2D eigenvalue weighted by molar-refractivity contribution is -0.137. The van der Waals surface area contributed by atoms with Crippen molar-refractivity contribution in [1.29, 1.82) is 0 Å². The number of fused-ring (bicyclic) bond motifs is 3. The van der Waals surface area contributed by atoms with Gasteiger partial charge in [0.2, 0.25) is 0 Å². The summed E-state index contributed by atoms with van der Waals surface area (Å²) in [5, 5.41) is 3.24. The summed E-state index contributed by atoms with van der Waals surface area (Å²) in [7, 11) is 1.57. The third-order valence-electron chi connectivity index (χ3n) is 6.82. The van der Waals surface area contributed by atoms with Crippen LogP contribution in [0.25, 0.3) is 0 Å². The lowest BCUT2D eigenvalue weighted by Gasteiger charge is -2.39. The van der Waals surface area contributed by atoms with Gasteiger partial charge in [-0.1, -0.05) is 54.1 Å². The second kappa shape index (κ2) is 9.26. The Morgan fingerprint density at radius 1 is 1.09 bits per heavy atom. The maximum absolute atomic E-state index is 13.8. The molecule has 0 amide bonds. The highest BCUT2D eigenvalue weighted by Gasteiger charge is 2.43. The summed E-state index contributed by atoms with van der Waals surface area (Å²) in [5.74, 6) is 1.11. The van der Waals surface area contributed by atoms with Gasteiger partial charge in [0.15, 0.2) is 11.5 Å². The Labute approximate surface area is 211 Å². The fourth-order valence-corrected chi connectivity index (χ4v) is 5.66. The molecular formula is C28H25BrF3NO2. The first-order valence-corrected chi connectivity index (χ1v) is 12.2. The van der Waals surface area contributed by atoms with E-state index in [1.54, 1.807) is 13.2 Å². The van der Waals surface area contributed by atoms with E-state index in [4.69, 9.17) is 9.47 Å². The summed E-state index contributed by atoms with van der Waals surface area (Å²) in [4.78, 5) is 0. The van der Waals surface area contributed by atoms with Crippen LogP contribution in [-0.4, -0.2) is 7.11 Å². The van der Waals surface area contributed by atoms with E-state index in [1.165, 1.54) is 11.6 Å². The number of aryl methyl sites for hydroxylation is 1. The number of ether oxygens (including phenoxy) is 2. The van der Waals surface area contributed by atoms with Crippen molar-refractivity contribution in [2.75, 3.05) is 12.4 Å². The number of hydrogen-bond donors (Lipinski definition) is 1. The van der Waals surface area contributed by atoms with Crippen LogP contribution in [-0.2, 0) is 12.8 Å². The van der Waals surface area contributed by atoms with Crippen LogP contribution in [0.5, 0.6) is 11.5 Å². The van der Waals surface area contributed by atoms with Gasteiger partial charge in [-0.05, 0) is 70.1 Å². The predicted octanol–water partition coefficient (Wildman–Crippen LogP) is 8.19. The van der Waals surface area contributed by atoms with Crippen molar-refractivity contribution in [3.05, 3.63) is 99.0 Å². The van der Waals surface area contributed by atoms with E-state index < -0.39 is 11.7 Å². The number of anilines is 1. The quantitative estimate of drug-likeness (QED) is 0.329. The summed E-state index contributed by atoms with van der Waals surface area (Å²) < 4.78 is 53.9. The fraction of sp³-hybridized carbons (Fsp3) is 0.286. The molecule has 0 saturated carbocycles. The minimum atomic E-state index is -4.44. The molecular weight excluding hydrogens is 519 g/mol. The van der Waals surface area contributed by atoms with Crippen molar-refractivity contribution in [3.63, 3.8) is 0 Å². The van der Waals surface area contributed by atoms with E-state index in [1.807, 2.05) is 49.4 Å². The molecule has 0 unspecified atom stereocenters. The van der Waals surface area contributed by atoms with Crippen LogP contribution in [0.3, 0.4) is 0 Å². The Bertz CT molecular complexity index is 1270. The molecule has 0 saturated heterocycles. The van der Waals surface area contributed by atoms with Gasteiger partial charge in [0.1, 0.15) is 6.61 Å². The van der Waals surface area contributed by atoms with Crippen molar-refractivity contribution in [1.82, 2.24) is 0 Å². The molecule has 7 heteroatoms. The number of nitrogens with one attached hydrogen (secondary N) is 1. The molecule has 0 spiro atoms. The van der Waals surface area contributed by atoms with Crippen LogP contribution in [0, 0.1) is 12.8 Å². The summed E-state index contributed by atoms with van der Waals surface area (Å²) in [5.41, 5.74) is 3.26. The number of halogens is 4. The number of methoxy groups -OCH3 is 1. The summed E-state index contributed by atoms with van der Waals surface area (Å²) in [6, 6.07) is 16.0. The standard InChI is InChI=1S/C28H25BrF3NO2/c1-16-9-11-17(12-10-16)15-35-27-23(29)13-18(14-24(27)34-2)25-20-6-3-5-19(20)21-7-4-8-22(26(21)33-25)28(30,31)32/h3-5,7-14,19-20,25,33H,6,15H2,1-2H3/t19-,20+,25+/m1/s1. The average molecular weight is 544 g/mol. The Kier molecular flexibility index (Phi) is 6.30. The molecule has 1 heterocycles. The normalized spacial score (nSPS) is 20.7. The number of hydrogen-bond acceptors (Lipinski definition) is 3. The predicted molar refractivity (Wildman–Crippen MR) is 134 cm³/mol. The molecule has 3 nitrogen and oxygen atoms in total. The molecule has 0 radical (unpaired) electrons. The van der Waals surface area contributed by atoms with Gasteiger partial charge in [-0.3, -0.25) is 0 Å². The lowest BCUT2D eigenvalue weighted by atomic mass is 9.76. The Hall–Kier alpha value is -2.93. The number of alkyl halides is 3. The highest BCUT2D eigenvalue weighted by atomic mass is 79.9. The van der Waals surface area contributed by atoms with Gasteiger partial charge in [-0.2, -0.15) is 13.2 Å². The van der Waals surface area contributed by atoms with Crippen molar-refractivity contribution < 1.29 is 22.6 Å². The van der Waals surface area contributed by atoms with Gasteiger partial charge < -0.3 is 14.8 Å². The molecule has 3 aromatic rings. The molecule has 0 bridgehead atoms. The fourth-order valence-electron chi connectivity index (χ4n) is 5.09. The first-order valence-electron chi connectivity index (χ1n) is 11.5. The van der Waals surface area contributed by atoms with Gasteiger partial charge in [-0.25, -0.2) is 0 Å². The van der Waals surface area contributed by atoms with Crippen LogP contribution < -0.4 is 14.8 Å². The SMILES string of the molecule is COc1cc([C@@H]2Nc3c(cccc3C(F)(F)F)[C@@H]3C=CC[C@@H]32)cc(Br)c1OCc1ccc(C)cc1. The van der Waals surface area contributed by atoms with Gasteiger partial charge in [0.25, 0.3) is 0 Å². The molecule has 0 aromatic heterocycles. The van der Waals surface area contributed by atoms with Crippen LogP contribution in [0.15, 0.2) is 71.2 Å². The smallest absolute Gasteiger partial charge is 0.418 e. The monoisotopic (exact) mass is 543 g/mol. The topological polar surface area (TPSA) is 30.5 Å². The Balaban J connectivity index is 1.49. The molecule has 35 heavy (non-hydrogen) atoms. The molecule has 182 valence electrons. The zero-order valence-electron chi connectivity index (χ0n) is 19.3. The largest absolute Gasteiger partial charge is 0.493 e. The first-order chi connectivity index (χ1) is 16.8. The Morgan fingerprint density at radius 2 is 1.86 bits per heavy atom. The van der Waals surface area contributed by atoms with E-state index in [0.29, 0.717) is 28.1 Å². The van der Waals surface area contributed by atoms with E-state index >= 15 is 0 Å². The molecule has 2 aliphatic rings. The second-order valence-electron chi connectivity index (χ2n) is 9.05. The van der Waals surface area contributed by atoms with Crippen LogP contribution in [0.4, 0.5) is 18.9 Å². The Morgan fingerprint density at radius 3 is 2.57 bits per heavy atom. The lowest BCUT2D eigenvalue weighted by Crippen LogP contribution is -2.30. The van der Waals surface area contributed by atoms with E-state index in [0.717, 1.165) is 23.6 Å². The average Bonchev–Trinajstić information content (AvgIpc) is 3.33. The van der Waals surface area contributed by atoms with Crippen molar-refractivity contribution in [3.8, 4) is 11.5 Å². The number of benzene rings is 3. The van der Waals surface area contributed by atoms with E-state index in [2.05, 4.69) is 27.3 Å². The van der Waals surface area contributed by atoms with Crippen LogP contribution in [0.2, 0.25) is 0 Å². The molecule has 0 fully saturated rings. The third-order valence-corrected chi connectivity index (χ3v) is 7.41. The van der Waals surface area contributed by atoms with Crippen LogP contribution in [0.1, 0.15) is 46.2 Å². The van der Waals surface area contributed by atoms with Crippen molar-refractivity contribution in [2.24, 2.45) is 5.92 Å². The van der Waals surface area contributed by atoms with Gasteiger partial charge in [0, 0.05) is 5.92 Å². The van der Waals surface area contributed by atoms with Gasteiger partial charge in [-0.15, -0.1) is 0 Å². The van der Waals surface area contributed by atoms with E-state index in [9.17, 15) is 13.2 Å². The van der Waals surface area contributed by atoms with Gasteiger partial charge >= 0.3 is 6.18 Å². The highest BCUT2D eigenvalue weighted by molar-refractivity contribution is 9.10. The number of allylic oxidation sites excluding steroid dienone is 2. The number of para-hydroxylation sites is 1. The molecule has 1 aliphatic carbocycles.